The molecule has 0 fully saturated rings. The number of carbonyl (C=O) groups is 1. The van der Waals surface area contributed by atoms with Crippen molar-refractivity contribution >= 4 is 27.5 Å². The van der Waals surface area contributed by atoms with Crippen molar-refractivity contribution in [1.29, 1.82) is 0 Å². The normalized spacial score (nSPS) is 10.3. The van der Waals surface area contributed by atoms with Crippen LogP contribution in [-0.2, 0) is 6.42 Å². The molecule has 0 saturated carbocycles. The Labute approximate surface area is 122 Å². The van der Waals surface area contributed by atoms with Gasteiger partial charge in [0, 0.05) is 17.2 Å². The van der Waals surface area contributed by atoms with Crippen molar-refractivity contribution in [3.05, 3.63) is 64.1 Å². The lowest BCUT2D eigenvalue weighted by atomic mass is 10.1. The third-order valence-electron chi connectivity index (χ3n) is 3.14. The average molecular weight is 318 g/mol. The number of rotatable bonds is 3. The molecule has 0 N–H and O–H groups in total. The molecular weight excluding hydrogens is 302 g/mol. The molecule has 2 aromatic carbocycles. The van der Waals surface area contributed by atoms with Crippen LogP contribution in [0.1, 0.15) is 22.8 Å². The highest BCUT2D eigenvalue weighted by Crippen LogP contribution is 2.21. The molecule has 3 heteroatoms. The molecule has 0 aliphatic rings. The minimum absolute atomic E-state index is 0.0169. The van der Waals surface area contributed by atoms with Gasteiger partial charge in [0.25, 0.3) is 5.91 Å². The number of amides is 1. The Morgan fingerprint density at radius 1 is 1.11 bits per heavy atom. The summed E-state index contributed by atoms with van der Waals surface area (Å²) in [6.45, 7) is 2.12. The largest absolute Gasteiger partial charge is 0.311 e. The zero-order chi connectivity index (χ0) is 13.8. The molecule has 0 saturated heterocycles. The van der Waals surface area contributed by atoms with Gasteiger partial charge in [-0.3, -0.25) is 4.79 Å². The second-order valence-electron chi connectivity index (χ2n) is 4.36. The zero-order valence-corrected chi connectivity index (χ0v) is 12.6. The maximum Gasteiger partial charge on any atom is 0.259 e. The van der Waals surface area contributed by atoms with Gasteiger partial charge in [-0.25, -0.2) is 0 Å². The van der Waals surface area contributed by atoms with E-state index in [1.807, 2.05) is 36.4 Å². The van der Waals surface area contributed by atoms with Crippen molar-refractivity contribution < 1.29 is 4.79 Å². The molecule has 1 amide bonds. The SMILES string of the molecule is CCc1ccc(N(C)C(=O)c2ccccc2Br)cc1. The summed E-state index contributed by atoms with van der Waals surface area (Å²) in [6, 6.07) is 15.5. The Kier molecular flexibility index (Phi) is 4.38. The van der Waals surface area contributed by atoms with Crippen molar-refractivity contribution in [2.45, 2.75) is 13.3 Å². The minimum Gasteiger partial charge on any atom is -0.311 e. The number of halogens is 1. The number of aryl methyl sites for hydroxylation is 1. The van der Waals surface area contributed by atoms with Crippen LogP contribution in [0.25, 0.3) is 0 Å². The second-order valence-corrected chi connectivity index (χ2v) is 5.22. The first-order valence-corrected chi connectivity index (χ1v) is 7.04. The lowest BCUT2D eigenvalue weighted by Crippen LogP contribution is -2.26. The Bertz CT molecular complexity index is 578. The van der Waals surface area contributed by atoms with E-state index < -0.39 is 0 Å². The summed E-state index contributed by atoms with van der Waals surface area (Å²) in [4.78, 5) is 14.1. The molecule has 0 aromatic heterocycles. The van der Waals surface area contributed by atoms with Crippen LogP contribution in [0.5, 0.6) is 0 Å². The molecule has 0 aliphatic carbocycles. The average Bonchev–Trinajstić information content (AvgIpc) is 2.46. The minimum atomic E-state index is -0.0169. The molecule has 2 rings (SSSR count). The quantitative estimate of drug-likeness (QED) is 0.827. The van der Waals surface area contributed by atoms with Gasteiger partial charge in [0.2, 0.25) is 0 Å². The summed E-state index contributed by atoms with van der Waals surface area (Å²) in [5.74, 6) is -0.0169. The van der Waals surface area contributed by atoms with E-state index >= 15 is 0 Å². The second kappa shape index (κ2) is 6.02. The molecule has 19 heavy (non-hydrogen) atoms. The molecule has 0 atom stereocenters. The van der Waals surface area contributed by atoms with Crippen LogP contribution in [0.2, 0.25) is 0 Å². The van der Waals surface area contributed by atoms with E-state index in [9.17, 15) is 4.79 Å². The number of anilines is 1. The van der Waals surface area contributed by atoms with E-state index in [1.165, 1.54) is 5.56 Å². The van der Waals surface area contributed by atoms with Gasteiger partial charge in [-0.1, -0.05) is 31.2 Å². The summed E-state index contributed by atoms with van der Waals surface area (Å²) in [6.07, 6.45) is 1.00. The van der Waals surface area contributed by atoms with Gasteiger partial charge in [-0.2, -0.15) is 0 Å². The summed E-state index contributed by atoms with van der Waals surface area (Å²) in [5.41, 5.74) is 2.84. The van der Waals surface area contributed by atoms with Crippen molar-refractivity contribution in [3.8, 4) is 0 Å². The molecule has 98 valence electrons. The monoisotopic (exact) mass is 317 g/mol. The van der Waals surface area contributed by atoms with Crippen LogP contribution in [0.15, 0.2) is 53.0 Å². The standard InChI is InChI=1S/C16H16BrNO/c1-3-12-8-10-13(11-9-12)18(2)16(19)14-6-4-5-7-15(14)17/h4-11H,3H2,1-2H3. The lowest BCUT2D eigenvalue weighted by molar-refractivity contribution is 0.0992. The Balaban J connectivity index is 2.26. The number of nitrogens with zero attached hydrogens (tertiary/aromatic N) is 1. The summed E-state index contributed by atoms with van der Waals surface area (Å²) in [7, 11) is 1.79. The van der Waals surface area contributed by atoms with Crippen molar-refractivity contribution in [1.82, 2.24) is 0 Å². The Morgan fingerprint density at radius 3 is 2.32 bits per heavy atom. The number of hydrogen-bond donors (Lipinski definition) is 0. The fraction of sp³-hybridized carbons (Fsp3) is 0.188. The molecule has 2 nitrogen and oxygen atoms in total. The van der Waals surface area contributed by atoms with Crippen molar-refractivity contribution in [2.75, 3.05) is 11.9 Å². The molecule has 0 aliphatic heterocycles. The molecule has 0 bridgehead atoms. The maximum atomic E-state index is 12.4. The highest BCUT2D eigenvalue weighted by atomic mass is 79.9. The number of benzene rings is 2. The fourth-order valence-electron chi connectivity index (χ4n) is 1.89. The van der Waals surface area contributed by atoms with Gasteiger partial charge in [-0.05, 0) is 52.2 Å². The predicted octanol–water partition coefficient (Wildman–Crippen LogP) is 4.29. The summed E-state index contributed by atoms with van der Waals surface area (Å²) in [5, 5.41) is 0. The lowest BCUT2D eigenvalue weighted by Gasteiger charge is -2.18. The van der Waals surface area contributed by atoms with E-state index in [0.717, 1.165) is 16.6 Å². The van der Waals surface area contributed by atoms with Gasteiger partial charge in [0.05, 0.1) is 5.56 Å². The van der Waals surface area contributed by atoms with Gasteiger partial charge in [-0.15, -0.1) is 0 Å². The Morgan fingerprint density at radius 2 is 1.74 bits per heavy atom. The predicted molar refractivity (Wildman–Crippen MR) is 82.7 cm³/mol. The van der Waals surface area contributed by atoms with Crippen LogP contribution in [0.4, 0.5) is 5.69 Å². The first kappa shape index (κ1) is 13.8. The smallest absolute Gasteiger partial charge is 0.259 e. The molecule has 0 unspecified atom stereocenters. The van der Waals surface area contributed by atoms with E-state index in [2.05, 4.69) is 35.0 Å². The third-order valence-corrected chi connectivity index (χ3v) is 3.83. The van der Waals surface area contributed by atoms with E-state index in [4.69, 9.17) is 0 Å². The highest BCUT2D eigenvalue weighted by Gasteiger charge is 2.15. The van der Waals surface area contributed by atoms with Crippen LogP contribution in [-0.4, -0.2) is 13.0 Å². The summed E-state index contributed by atoms with van der Waals surface area (Å²) < 4.78 is 0.817. The fourth-order valence-corrected chi connectivity index (χ4v) is 2.34. The maximum absolute atomic E-state index is 12.4. The Hall–Kier alpha value is -1.61. The van der Waals surface area contributed by atoms with Crippen LogP contribution >= 0.6 is 15.9 Å². The van der Waals surface area contributed by atoms with Gasteiger partial charge in [0.15, 0.2) is 0 Å². The van der Waals surface area contributed by atoms with Gasteiger partial charge < -0.3 is 4.90 Å². The number of hydrogen-bond acceptors (Lipinski definition) is 1. The van der Waals surface area contributed by atoms with Crippen LogP contribution in [0.3, 0.4) is 0 Å². The van der Waals surface area contributed by atoms with Crippen LogP contribution in [0, 0.1) is 0 Å². The topological polar surface area (TPSA) is 20.3 Å². The van der Waals surface area contributed by atoms with Gasteiger partial charge in [0.1, 0.15) is 0 Å². The molecular formula is C16H16BrNO. The third kappa shape index (κ3) is 3.04. The molecule has 0 heterocycles. The highest BCUT2D eigenvalue weighted by molar-refractivity contribution is 9.10. The van der Waals surface area contributed by atoms with E-state index in [0.29, 0.717) is 5.56 Å². The first-order valence-electron chi connectivity index (χ1n) is 6.25. The molecule has 0 radical (unpaired) electrons. The van der Waals surface area contributed by atoms with Crippen LogP contribution < -0.4 is 4.90 Å². The number of carbonyl (C=O) groups excluding carboxylic acids is 1. The molecule has 0 spiro atoms. The van der Waals surface area contributed by atoms with Crippen molar-refractivity contribution in [3.63, 3.8) is 0 Å². The van der Waals surface area contributed by atoms with E-state index in [1.54, 1.807) is 11.9 Å². The van der Waals surface area contributed by atoms with Crippen molar-refractivity contribution in [2.24, 2.45) is 0 Å². The first-order chi connectivity index (χ1) is 9.13. The van der Waals surface area contributed by atoms with E-state index in [-0.39, 0.29) is 5.91 Å². The molecule has 2 aromatic rings. The zero-order valence-electron chi connectivity index (χ0n) is 11.1. The summed E-state index contributed by atoms with van der Waals surface area (Å²) >= 11 is 3.41. The van der Waals surface area contributed by atoms with Gasteiger partial charge >= 0.3 is 0 Å².